The number of hydrogen-bond acceptors (Lipinski definition) is 6. The molecule has 120 valence electrons. The van der Waals surface area contributed by atoms with E-state index in [0.717, 1.165) is 25.7 Å². The SMILES string of the molecule is N#CCCNC(=O)CSc1ncnc2sc(-c3ccccc3)cc12. The van der Waals surface area contributed by atoms with Crippen molar-refractivity contribution in [3.05, 3.63) is 42.7 Å². The Balaban J connectivity index is 1.76. The molecule has 0 aliphatic carbocycles. The number of amides is 1. The van der Waals surface area contributed by atoms with Crippen molar-refractivity contribution in [2.24, 2.45) is 0 Å². The largest absolute Gasteiger partial charge is 0.354 e. The smallest absolute Gasteiger partial charge is 0.230 e. The summed E-state index contributed by atoms with van der Waals surface area (Å²) in [4.78, 5) is 22.5. The van der Waals surface area contributed by atoms with E-state index >= 15 is 0 Å². The Labute approximate surface area is 147 Å². The third-order valence-electron chi connectivity index (χ3n) is 3.25. The summed E-state index contributed by atoms with van der Waals surface area (Å²) >= 11 is 3.00. The Bertz CT molecular complexity index is 886. The van der Waals surface area contributed by atoms with Crippen LogP contribution in [0.1, 0.15) is 6.42 Å². The number of carbonyl (C=O) groups is 1. The summed E-state index contributed by atoms with van der Waals surface area (Å²) in [6, 6.07) is 14.2. The minimum atomic E-state index is -0.0967. The maximum Gasteiger partial charge on any atom is 0.230 e. The lowest BCUT2D eigenvalue weighted by Gasteiger charge is -2.03. The lowest BCUT2D eigenvalue weighted by Crippen LogP contribution is -2.25. The normalized spacial score (nSPS) is 10.5. The molecule has 0 atom stereocenters. The Kier molecular flexibility index (Phi) is 5.41. The molecule has 3 aromatic rings. The zero-order chi connectivity index (χ0) is 16.8. The van der Waals surface area contributed by atoms with Gasteiger partial charge in [0.1, 0.15) is 16.2 Å². The van der Waals surface area contributed by atoms with E-state index in [2.05, 4.69) is 33.5 Å². The van der Waals surface area contributed by atoms with Gasteiger partial charge in [-0.05, 0) is 11.6 Å². The van der Waals surface area contributed by atoms with Crippen molar-refractivity contribution in [2.75, 3.05) is 12.3 Å². The quantitative estimate of drug-likeness (QED) is 0.416. The maximum atomic E-state index is 11.8. The van der Waals surface area contributed by atoms with Crippen LogP contribution in [0.25, 0.3) is 20.7 Å². The Morgan fingerprint density at radius 3 is 2.92 bits per heavy atom. The number of rotatable bonds is 6. The second kappa shape index (κ2) is 7.90. The fraction of sp³-hybridized carbons (Fsp3) is 0.176. The van der Waals surface area contributed by atoms with Crippen LogP contribution in [0.2, 0.25) is 0 Å². The average molecular weight is 354 g/mol. The van der Waals surface area contributed by atoms with Gasteiger partial charge >= 0.3 is 0 Å². The Morgan fingerprint density at radius 1 is 1.29 bits per heavy atom. The third-order valence-corrected chi connectivity index (χ3v) is 5.35. The monoisotopic (exact) mass is 354 g/mol. The van der Waals surface area contributed by atoms with E-state index in [4.69, 9.17) is 5.26 Å². The van der Waals surface area contributed by atoms with E-state index < -0.39 is 0 Å². The van der Waals surface area contributed by atoms with E-state index in [1.165, 1.54) is 18.1 Å². The molecule has 1 aromatic carbocycles. The molecule has 24 heavy (non-hydrogen) atoms. The minimum Gasteiger partial charge on any atom is -0.354 e. The van der Waals surface area contributed by atoms with Gasteiger partial charge < -0.3 is 5.32 Å². The second-order valence-corrected chi connectivity index (χ2v) is 6.92. The van der Waals surface area contributed by atoms with Gasteiger partial charge in [-0.2, -0.15) is 5.26 Å². The molecule has 0 aliphatic heterocycles. The van der Waals surface area contributed by atoms with Gasteiger partial charge in [0.2, 0.25) is 5.91 Å². The molecule has 5 nitrogen and oxygen atoms in total. The predicted molar refractivity (Wildman–Crippen MR) is 96.8 cm³/mol. The highest BCUT2D eigenvalue weighted by atomic mass is 32.2. The fourth-order valence-electron chi connectivity index (χ4n) is 2.14. The van der Waals surface area contributed by atoms with E-state index in [1.807, 2.05) is 24.3 Å². The van der Waals surface area contributed by atoms with E-state index in [9.17, 15) is 4.79 Å². The molecule has 0 unspecified atom stereocenters. The highest BCUT2D eigenvalue weighted by Gasteiger charge is 2.12. The molecule has 0 bridgehead atoms. The van der Waals surface area contributed by atoms with Gasteiger partial charge in [-0.25, -0.2) is 9.97 Å². The number of nitrogens with zero attached hydrogens (tertiary/aromatic N) is 3. The molecule has 0 aliphatic rings. The first-order chi connectivity index (χ1) is 11.8. The van der Waals surface area contributed by atoms with Gasteiger partial charge in [0.25, 0.3) is 0 Å². The molecule has 2 aromatic heterocycles. The second-order valence-electron chi connectivity index (χ2n) is 4.92. The van der Waals surface area contributed by atoms with Crippen molar-refractivity contribution in [3.8, 4) is 16.5 Å². The number of aromatic nitrogens is 2. The van der Waals surface area contributed by atoms with Gasteiger partial charge in [0.15, 0.2) is 0 Å². The van der Waals surface area contributed by atoms with E-state index in [1.54, 1.807) is 11.3 Å². The first kappa shape index (κ1) is 16.4. The van der Waals surface area contributed by atoms with Gasteiger partial charge in [-0.15, -0.1) is 11.3 Å². The highest BCUT2D eigenvalue weighted by molar-refractivity contribution is 8.00. The van der Waals surface area contributed by atoms with Crippen molar-refractivity contribution in [2.45, 2.75) is 11.4 Å². The number of thioether (sulfide) groups is 1. The molecule has 0 saturated heterocycles. The fourth-order valence-corrected chi connectivity index (χ4v) is 4.01. The van der Waals surface area contributed by atoms with Crippen LogP contribution in [-0.4, -0.2) is 28.2 Å². The summed E-state index contributed by atoms with van der Waals surface area (Å²) < 4.78 is 0. The van der Waals surface area contributed by atoms with Gasteiger partial charge in [0.05, 0.1) is 18.2 Å². The van der Waals surface area contributed by atoms with Gasteiger partial charge in [0, 0.05) is 16.8 Å². The summed E-state index contributed by atoms with van der Waals surface area (Å²) in [6.45, 7) is 0.381. The van der Waals surface area contributed by atoms with E-state index in [0.29, 0.717) is 13.0 Å². The molecule has 0 spiro atoms. The zero-order valence-corrected chi connectivity index (χ0v) is 14.4. The highest BCUT2D eigenvalue weighted by Crippen LogP contribution is 2.35. The Morgan fingerprint density at radius 2 is 2.12 bits per heavy atom. The summed E-state index contributed by atoms with van der Waals surface area (Å²) in [5, 5.41) is 13.0. The number of thiophene rings is 1. The molecule has 0 saturated carbocycles. The van der Waals surface area contributed by atoms with Crippen LogP contribution in [0.5, 0.6) is 0 Å². The number of nitriles is 1. The number of hydrogen-bond donors (Lipinski definition) is 1. The van der Waals surface area contributed by atoms with Crippen molar-refractivity contribution < 1.29 is 4.79 Å². The average Bonchev–Trinajstić information content (AvgIpc) is 3.06. The lowest BCUT2D eigenvalue weighted by atomic mass is 10.2. The first-order valence-electron chi connectivity index (χ1n) is 7.34. The third kappa shape index (κ3) is 3.91. The van der Waals surface area contributed by atoms with Crippen LogP contribution in [0.3, 0.4) is 0 Å². The summed E-state index contributed by atoms with van der Waals surface area (Å²) in [6.07, 6.45) is 1.85. The predicted octanol–water partition coefficient (Wildman–Crippen LogP) is 3.48. The van der Waals surface area contributed by atoms with Gasteiger partial charge in [-0.3, -0.25) is 4.79 Å². The topological polar surface area (TPSA) is 78.7 Å². The lowest BCUT2D eigenvalue weighted by molar-refractivity contribution is -0.118. The van der Waals surface area contributed by atoms with E-state index in [-0.39, 0.29) is 11.7 Å². The molecule has 3 rings (SSSR count). The summed E-state index contributed by atoms with van der Waals surface area (Å²) in [5.74, 6) is 0.175. The zero-order valence-electron chi connectivity index (χ0n) is 12.7. The Hall–Kier alpha value is -2.43. The molecule has 7 heteroatoms. The van der Waals surface area contributed by atoms with Crippen LogP contribution < -0.4 is 5.32 Å². The van der Waals surface area contributed by atoms with Crippen molar-refractivity contribution in [1.82, 2.24) is 15.3 Å². The molecular weight excluding hydrogens is 340 g/mol. The van der Waals surface area contributed by atoms with Crippen LogP contribution in [0, 0.1) is 11.3 Å². The maximum absolute atomic E-state index is 11.8. The number of benzene rings is 1. The number of nitrogens with one attached hydrogen (secondary N) is 1. The van der Waals surface area contributed by atoms with Crippen LogP contribution in [-0.2, 0) is 4.79 Å². The summed E-state index contributed by atoms with van der Waals surface area (Å²) in [7, 11) is 0. The van der Waals surface area contributed by atoms with Crippen LogP contribution >= 0.6 is 23.1 Å². The summed E-state index contributed by atoms with van der Waals surface area (Å²) in [5.41, 5.74) is 1.14. The van der Waals surface area contributed by atoms with Crippen LogP contribution in [0.4, 0.5) is 0 Å². The molecular formula is C17H14N4OS2. The number of carbonyl (C=O) groups excluding carboxylic acids is 1. The van der Waals surface area contributed by atoms with Crippen molar-refractivity contribution in [1.29, 1.82) is 5.26 Å². The molecule has 1 amide bonds. The number of fused-ring (bicyclic) bond motifs is 1. The van der Waals surface area contributed by atoms with Crippen molar-refractivity contribution >= 4 is 39.2 Å². The minimum absolute atomic E-state index is 0.0967. The molecule has 0 fully saturated rings. The first-order valence-corrected chi connectivity index (χ1v) is 9.14. The molecule has 0 radical (unpaired) electrons. The van der Waals surface area contributed by atoms with Crippen LogP contribution in [0.15, 0.2) is 47.8 Å². The van der Waals surface area contributed by atoms with Crippen molar-refractivity contribution in [3.63, 3.8) is 0 Å². The standard InChI is InChI=1S/C17H14N4OS2/c18-7-4-8-19-15(22)10-23-16-13-9-14(12-5-2-1-3-6-12)24-17(13)21-11-20-16/h1-3,5-6,9,11H,4,8,10H2,(H,19,22). The van der Waals surface area contributed by atoms with Gasteiger partial charge in [-0.1, -0.05) is 42.1 Å². The molecule has 1 N–H and O–H groups in total. The molecule has 2 heterocycles.